The molecule has 0 radical (unpaired) electrons. The topological polar surface area (TPSA) is 95.9 Å². The third-order valence-corrected chi connectivity index (χ3v) is 6.87. The van der Waals surface area contributed by atoms with Crippen LogP contribution in [-0.4, -0.2) is 67.5 Å². The lowest BCUT2D eigenvalue weighted by Crippen LogP contribution is -2.53. The number of benzene rings is 1. The molecule has 1 heterocycles. The van der Waals surface area contributed by atoms with Gasteiger partial charge in [-0.3, -0.25) is 4.79 Å². The van der Waals surface area contributed by atoms with Crippen molar-refractivity contribution in [1.29, 1.82) is 0 Å². The summed E-state index contributed by atoms with van der Waals surface area (Å²) in [5, 5.41) is 10.2. The van der Waals surface area contributed by atoms with E-state index in [1.165, 1.54) is 19.4 Å². The van der Waals surface area contributed by atoms with Gasteiger partial charge in [0.2, 0.25) is 10.0 Å². The van der Waals surface area contributed by atoms with Crippen molar-refractivity contribution in [1.82, 2.24) is 9.62 Å². The van der Waals surface area contributed by atoms with Crippen LogP contribution in [0.25, 0.3) is 0 Å². The summed E-state index contributed by atoms with van der Waals surface area (Å²) in [6.07, 6.45) is 5.71. The van der Waals surface area contributed by atoms with Crippen LogP contribution in [0, 0.1) is 0 Å². The number of carbonyl (C=O) groups is 1. The molecule has 7 nitrogen and oxygen atoms in total. The van der Waals surface area contributed by atoms with E-state index >= 15 is 0 Å². The van der Waals surface area contributed by atoms with Crippen LogP contribution in [0.5, 0.6) is 0 Å². The maximum atomic E-state index is 12.7. The average molecular weight is 439 g/mol. The molecule has 0 aromatic heterocycles. The van der Waals surface area contributed by atoms with E-state index < -0.39 is 33.6 Å². The molecule has 2 fully saturated rings. The zero-order chi connectivity index (χ0) is 21.9. The number of likely N-dealkylation sites (tertiary alicyclic amines) is 1. The lowest BCUT2D eigenvalue weighted by molar-refractivity contribution is -0.150. The third kappa shape index (κ3) is 6.03. The Labute approximate surface area is 179 Å². The Morgan fingerprint density at radius 2 is 1.80 bits per heavy atom. The summed E-state index contributed by atoms with van der Waals surface area (Å²) in [6.45, 7) is 3.56. The van der Waals surface area contributed by atoms with Crippen LogP contribution in [0.4, 0.5) is 0 Å². The highest BCUT2D eigenvalue weighted by Gasteiger charge is 2.43. The van der Waals surface area contributed by atoms with Gasteiger partial charge in [0.25, 0.3) is 5.91 Å². The molecule has 2 N–H and O–H groups in total. The van der Waals surface area contributed by atoms with Crippen molar-refractivity contribution >= 4 is 15.9 Å². The van der Waals surface area contributed by atoms with Gasteiger partial charge in [0.1, 0.15) is 5.60 Å². The molecule has 30 heavy (non-hydrogen) atoms. The molecule has 168 valence electrons. The fourth-order valence-electron chi connectivity index (χ4n) is 4.60. The first kappa shape index (κ1) is 23.2. The summed E-state index contributed by atoms with van der Waals surface area (Å²) >= 11 is 0. The van der Waals surface area contributed by atoms with Crippen LogP contribution in [0.15, 0.2) is 30.3 Å². The minimum Gasteiger partial charge on any atom is -0.381 e. The van der Waals surface area contributed by atoms with Gasteiger partial charge < -0.3 is 14.7 Å². The first-order chi connectivity index (χ1) is 14.0. The minimum atomic E-state index is -3.41. The molecule has 0 unspecified atom stereocenters. The van der Waals surface area contributed by atoms with Crippen LogP contribution in [0.1, 0.15) is 57.4 Å². The predicted molar refractivity (Wildman–Crippen MR) is 116 cm³/mol. The van der Waals surface area contributed by atoms with Crippen molar-refractivity contribution in [3.63, 3.8) is 0 Å². The molecule has 0 bridgehead atoms. The molecule has 1 aromatic rings. The first-order valence-corrected chi connectivity index (χ1v) is 12.6. The van der Waals surface area contributed by atoms with Gasteiger partial charge in [0.15, 0.2) is 0 Å². The standard InChI is InChI=1S/C22H34N2O5S/c1-22(2,26)21(25)24-14-13-19(23-30(3,27)28)20(24)15-29-18-11-9-17(10-12-18)16-7-5-4-6-8-16/h4-8,17-20,23,26H,9-15H2,1-3H3/t17-,18+,19-,20-/m0/s1. The number of aliphatic hydroxyl groups is 1. The number of hydrogen-bond acceptors (Lipinski definition) is 5. The summed E-state index contributed by atoms with van der Waals surface area (Å²) in [5.41, 5.74) is -0.141. The Kier molecular flexibility index (Phi) is 7.22. The van der Waals surface area contributed by atoms with E-state index in [1.807, 2.05) is 6.07 Å². The Morgan fingerprint density at radius 1 is 1.17 bits per heavy atom. The zero-order valence-corrected chi connectivity index (χ0v) is 18.9. The second-order valence-electron chi connectivity index (χ2n) is 9.13. The average Bonchev–Trinajstić information content (AvgIpc) is 3.06. The van der Waals surface area contributed by atoms with Crippen molar-refractivity contribution in [2.24, 2.45) is 0 Å². The maximum Gasteiger partial charge on any atom is 0.254 e. The monoisotopic (exact) mass is 438 g/mol. The number of nitrogens with one attached hydrogen (secondary N) is 1. The highest BCUT2D eigenvalue weighted by Crippen LogP contribution is 2.34. The summed E-state index contributed by atoms with van der Waals surface area (Å²) in [6, 6.07) is 9.68. The predicted octanol–water partition coefficient (Wildman–Crippen LogP) is 2.02. The van der Waals surface area contributed by atoms with Crippen LogP contribution in [0.3, 0.4) is 0 Å². The second-order valence-corrected chi connectivity index (χ2v) is 10.9. The largest absolute Gasteiger partial charge is 0.381 e. The van der Waals surface area contributed by atoms with Gasteiger partial charge in [-0.2, -0.15) is 0 Å². The van der Waals surface area contributed by atoms with E-state index in [1.54, 1.807) is 4.90 Å². The van der Waals surface area contributed by atoms with Crippen LogP contribution in [0.2, 0.25) is 0 Å². The van der Waals surface area contributed by atoms with Crippen LogP contribution < -0.4 is 4.72 Å². The highest BCUT2D eigenvalue weighted by molar-refractivity contribution is 7.88. The molecule has 1 aliphatic heterocycles. The SMILES string of the molecule is CC(C)(O)C(=O)N1CC[C@H](NS(C)(=O)=O)[C@@H]1CO[C@H]1CC[C@@H](c2ccccc2)CC1. The van der Waals surface area contributed by atoms with Gasteiger partial charge in [0, 0.05) is 12.6 Å². The van der Waals surface area contributed by atoms with Gasteiger partial charge in [-0.05, 0) is 57.4 Å². The number of amides is 1. The molecule has 1 saturated heterocycles. The maximum absolute atomic E-state index is 12.7. The highest BCUT2D eigenvalue weighted by atomic mass is 32.2. The second kappa shape index (κ2) is 9.34. The summed E-state index contributed by atoms with van der Waals surface area (Å²) in [7, 11) is -3.41. The number of rotatable bonds is 7. The summed E-state index contributed by atoms with van der Waals surface area (Å²) in [4.78, 5) is 14.3. The van der Waals surface area contributed by atoms with Crippen molar-refractivity contribution in [3.05, 3.63) is 35.9 Å². The zero-order valence-electron chi connectivity index (χ0n) is 18.1. The van der Waals surface area contributed by atoms with E-state index in [4.69, 9.17) is 4.74 Å². The van der Waals surface area contributed by atoms with Crippen molar-refractivity contribution in [2.45, 2.75) is 75.7 Å². The van der Waals surface area contributed by atoms with Gasteiger partial charge >= 0.3 is 0 Å². The van der Waals surface area contributed by atoms with Crippen molar-refractivity contribution < 1.29 is 23.1 Å². The van der Waals surface area contributed by atoms with Gasteiger partial charge in [-0.1, -0.05) is 30.3 Å². The summed E-state index contributed by atoms with van der Waals surface area (Å²) < 4.78 is 32.4. The molecule has 2 aliphatic rings. The molecule has 2 atom stereocenters. The fourth-order valence-corrected chi connectivity index (χ4v) is 5.42. The Balaban J connectivity index is 1.60. The molecular weight excluding hydrogens is 404 g/mol. The molecular formula is C22H34N2O5S. The van der Waals surface area contributed by atoms with Crippen LogP contribution in [-0.2, 0) is 19.6 Å². The number of hydrogen-bond donors (Lipinski definition) is 2. The third-order valence-electron chi connectivity index (χ3n) is 6.14. The smallest absolute Gasteiger partial charge is 0.254 e. The lowest BCUT2D eigenvalue weighted by atomic mass is 9.83. The molecule has 0 spiro atoms. The van der Waals surface area contributed by atoms with Gasteiger partial charge in [-0.15, -0.1) is 0 Å². The Morgan fingerprint density at radius 3 is 2.37 bits per heavy atom. The Hall–Kier alpha value is -1.48. The molecule has 1 aliphatic carbocycles. The molecule has 1 aromatic carbocycles. The van der Waals surface area contributed by atoms with Crippen molar-refractivity contribution in [2.75, 3.05) is 19.4 Å². The molecule has 3 rings (SSSR count). The minimum absolute atomic E-state index is 0.100. The quantitative estimate of drug-likeness (QED) is 0.679. The van der Waals surface area contributed by atoms with E-state index in [0.717, 1.165) is 31.9 Å². The Bertz CT molecular complexity index is 814. The van der Waals surface area contributed by atoms with Crippen LogP contribution >= 0.6 is 0 Å². The van der Waals surface area contributed by atoms with E-state index in [0.29, 0.717) is 18.9 Å². The number of ether oxygens (including phenoxy) is 1. The number of nitrogens with zero attached hydrogens (tertiary/aromatic N) is 1. The molecule has 1 amide bonds. The summed E-state index contributed by atoms with van der Waals surface area (Å²) in [5.74, 6) is 0.145. The van der Waals surface area contributed by atoms with Crippen molar-refractivity contribution in [3.8, 4) is 0 Å². The number of carbonyl (C=O) groups excluding carboxylic acids is 1. The lowest BCUT2D eigenvalue weighted by Gasteiger charge is -2.34. The van der Waals surface area contributed by atoms with Gasteiger partial charge in [0.05, 0.1) is 25.0 Å². The van der Waals surface area contributed by atoms with E-state index in [2.05, 4.69) is 29.0 Å². The normalized spacial score (nSPS) is 27.9. The van der Waals surface area contributed by atoms with E-state index in [-0.39, 0.29) is 12.7 Å². The molecule has 1 saturated carbocycles. The van der Waals surface area contributed by atoms with E-state index in [9.17, 15) is 18.3 Å². The molecule has 8 heteroatoms. The number of sulfonamides is 1. The van der Waals surface area contributed by atoms with Gasteiger partial charge in [-0.25, -0.2) is 13.1 Å². The first-order valence-electron chi connectivity index (χ1n) is 10.7. The fraction of sp³-hybridized carbons (Fsp3) is 0.682.